The first kappa shape index (κ1) is 25.4. The van der Waals surface area contributed by atoms with Gasteiger partial charge in [0.1, 0.15) is 21.7 Å². The average molecular weight is 529 g/mol. The number of amides is 2. The highest BCUT2D eigenvalue weighted by Gasteiger charge is 2.28. The Morgan fingerprint density at radius 3 is 2.56 bits per heavy atom. The molecule has 0 bridgehead atoms. The Bertz CT molecular complexity index is 1070. The third-order valence-electron chi connectivity index (χ3n) is 5.00. The number of amidine groups is 1. The van der Waals surface area contributed by atoms with Crippen molar-refractivity contribution in [3.05, 3.63) is 64.7 Å². The lowest BCUT2D eigenvalue weighted by Gasteiger charge is -2.33. The Balaban J connectivity index is 1.74. The highest BCUT2D eigenvalue weighted by molar-refractivity contribution is 9.10. The number of ether oxygens (including phenoxy) is 1. The first-order valence-electron chi connectivity index (χ1n) is 11.0. The number of piperidine rings is 1. The van der Waals surface area contributed by atoms with Gasteiger partial charge in [0.05, 0.1) is 0 Å². The van der Waals surface area contributed by atoms with Crippen molar-refractivity contribution in [3.63, 3.8) is 0 Å². The molecule has 3 N–H and O–H groups in total. The molecule has 2 amide bonds. The average Bonchev–Trinajstić information content (AvgIpc) is 2.78. The summed E-state index contributed by atoms with van der Waals surface area (Å²) >= 11 is 3.27. The lowest BCUT2D eigenvalue weighted by Crippen LogP contribution is -2.42. The van der Waals surface area contributed by atoms with Crippen LogP contribution in [-0.2, 0) is 4.74 Å². The first-order chi connectivity index (χ1) is 16.1. The molecule has 3 heterocycles. The number of allylic oxidation sites excluding steroid dienone is 1. The summed E-state index contributed by atoms with van der Waals surface area (Å²) in [6.07, 6.45) is 4.31. The molecule has 10 heteroatoms. The Morgan fingerprint density at radius 1 is 1.21 bits per heavy atom. The molecule has 1 fully saturated rings. The van der Waals surface area contributed by atoms with Gasteiger partial charge in [0.15, 0.2) is 5.82 Å². The van der Waals surface area contributed by atoms with E-state index in [-0.39, 0.29) is 23.5 Å². The Morgan fingerprint density at radius 2 is 1.94 bits per heavy atom. The topological polar surface area (TPSA) is 123 Å². The van der Waals surface area contributed by atoms with Gasteiger partial charge in [0.2, 0.25) is 0 Å². The van der Waals surface area contributed by atoms with E-state index in [0.717, 1.165) is 0 Å². The molecule has 3 rings (SSSR count). The highest BCUT2D eigenvalue weighted by Crippen LogP contribution is 2.23. The number of aliphatic imine (C=N–C) groups is 1. The molecule has 0 aromatic carbocycles. The molecule has 0 aliphatic carbocycles. The van der Waals surface area contributed by atoms with Crippen molar-refractivity contribution in [1.82, 2.24) is 20.2 Å². The SMILES string of the molecule is CC(C)(C)OC(=O)N1CCC(/C(N)=C/C(=N/c2ccccn2)NC(=O)c2cccc(Br)n2)CC1. The van der Waals surface area contributed by atoms with Crippen LogP contribution in [0.2, 0.25) is 0 Å². The van der Waals surface area contributed by atoms with Crippen molar-refractivity contribution in [2.75, 3.05) is 13.1 Å². The molecule has 0 saturated carbocycles. The number of aromatic nitrogens is 2. The number of rotatable bonds is 4. The summed E-state index contributed by atoms with van der Waals surface area (Å²) in [4.78, 5) is 39.6. The van der Waals surface area contributed by atoms with Crippen LogP contribution in [0.3, 0.4) is 0 Å². The predicted molar refractivity (Wildman–Crippen MR) is 134 cm³/mol. The van der Waals surface area contributed by atoms with E-state index in [1.807, 2.05) is 20.8 Å². The Labute approximate surface area is 207 Å². The lowest BCUT2D eigenvalue weighted by molar-refractivity contribution is 0.0194. The van der Waals surface area contributed by atoms with Crippen LogP contribution in [0.5, 0.6) is 0 Å². The molecule has 0 unspecified atom stereocenters. The lowest BCUT2D eigenvalue weighted by atomic mass is 9.93. The van der Waals surface area contributed by atoms with Crippen LogP contribution in [-0.4, -0.2) is 51.4 Å². The van der Waals surface area contributed by atoms with Gasteiger partial charge >= 0.3 is 6.09 Å². The molecular formula is C24H29BrN6O3. The molecule has 34 heavy (non-hydrogen) atoms. The van der Waals surface area contributed by atoms with Crippen molar-refractivity contribution in [1.29, 1.82) is 0 Å². The fourth-order valence-corrected chi connectivity index (χ4v) is 3.70. The van der Waals surface area contributed by atoms with Gasteiger partial charge in [-0.15, -0.1) is 0 Å². The zero-order valence-electron chi connectivity index (χ0n) is 19.5. The van der Waals surface area contributed by atoms with Crippen molar-refractivity contribution < 1.29 is 14.3 Å². The van der Waals surface area contributed by atoms with E-state index in [0.29, 0.717) is 42.0 Å². The molecule has 1 aliphatic heterocycles. The van der Waals surface area contributed by atoms with Crippen molar-refractivity contribution in [2.45, 2.75) is 39.2 Å². The number of nitrogens with one attached hydrogen (secondary N) is 1. The van der Waals surface area contributed by atoms with Gasteiger partial charge in [-0.3, -0.25) is 4.79 Å². The van der Waals surface area contributed by atoms with E-state index in [1.165, 1.54) is 0 Å². The summed E-state index contributed by atoms with van der Waals surface area (Å²) in [7, 11) is 0. The van der Waals surface area contributed by atoms with Gasteiger partial charge < -0.3 is 20.7 Å². The standard InChI is InChI=1S/C24H29BrN6O3/c1-24(2,3)34-23(33)31-13-10-16(11-14-31)17(26)15-21(29-20-9-4-5-12-27-20)30-22(32)18-7-6-8-19(25)28-18/h4-9,12,15-16H,10-11,13-14,26H2,1-3H3,(H,27,29,30,32)/b17-15-. The molecule has 2 aromatic rings. The summed E-state index contributed by atoms with van der Waals surface area (Å²) in [6, 6.07) is 10.4. The second-order valence-corrected chi connectivity index (χ2v) is 9.68. The second-order valence-electron chi connectivity index (χ2n) is 8.87. The number of likely N-dealkylation sites (tertiary alicyclic amines) is 1. The van der Waals surface area contributed by atoms with Crippen LogP contribution in [0.15, 0.2) is 64.0 Å². The van der Waals surface area contributed by atoms with E-state index in [9.17, 15) is 9.59 Å². The van der Waals surface area contributed by atoms with Gasteiger partial charge in [-0.05, 0) is 79.9 Å². The minimum absolute atomic E-state index is 0.0357. The maximum atomic E-state index is 12.8. The maximum absolute atomic E-state index is 12.8. The van der Waals surface area contributed by atoms with Crippen LogP contribution in [0.1, 0.15) is 44.1 Å². The van der Waals surface area contributed by atoms with Gasteiger partial charge in [0, 0.05) is 30.9 Å². The quantitative estimate of drug-likeness (QED) is 0.348. The largest absolute Gasteiger partial charge is 0.444 e. The highest BCUT2D eigenvalue weighted by atomic mass is 79.9. The van der Waals surface area contributed by atoms with E-state index in [2.05, 4.69) is 36.2 Å². The molecule has 0 atom stereocenters. The molecule has 1 aliphatic rings. The summed E-state index contributed by atoms with van der Waals surface area (Å²) in [5.41, 5.74) is 6.69. The molecule has 1 saturated heterocycles. The number of hydrogen-bond donors (Lipinski definition) is 2. The monoisotopic (exact) mass is 528 g/mol. The number of carbonyl (C=O) groups excluding carboxylic acids is 2. The summed E-state index contributed by atoms with van der Waals surface area (Å²) in [5, 5.41) is 2.78. The van der Waals surface area contributed by atoms with Crippen LogP contribution >= 0.6 is 15.9 Å². The van der Waals surface area contributed by atoms with Crippen LogP contribution in [0.25, 0.3) is 0 Å². The number of hydrogen-bond acceptors (Lipinski definition) is 7. The van der Waals surface area contributed by atoms with Gasteiger partial charge in [-0.1, -0.05) is 12.1 Å². The minimum atomic E-state index is -0.537. The third kappa shape index (κ3) is 7.65. The summed E-state index contributed by atoms with van der Waals surface area (Å²) < 4.78 is 6.01. The first-order valence-corrected chi connectivity index (χ1v) is 11.8. The Hall–Kier alpha value is -3.27. The van der Waals surface area contributed by atoms with Crippen molar-refractivity contribution >= 4 is 39.6 Å². The number of nitrogens with zero attached hydrogens (tertiary/aromatic N) is 4. The summed E-state index contributed by atoms with van der Waals surface area (Å²) in [6.45, 7) is 6.61. The zero-order chi connectivity index (χ0) is 24.7. The predicted octanol–water partition coefficient (Wildman–Crippen LogP) is 4.19. The summed E-state index contributed by atoms with van der Waals surface area (Å²) in [5.74, 6) is 0.314. The van der Waals surface area contributed by atoms with E-state index in [1.54, 1.807) is 53.6 Å². The fraction of sp³-hybridized carbons (Fsp3) is 0.375. The van der Waals surface area contributed by atoms with E-state index >= 15 is 0 Å². The normalized spacial score (nSPS) is 15.7. The number of halogens is 1. The van der Waals surface area contributed by atoms with E-state index < -0.39 is 11.5 Å². The molecule has 0 radical (unpaired) electrons. The van der Waals surface area contributed by atoms with E-state index in [4.69, 9.17) is 10.5 Å². The van der Waals surface area contributed by atoms with Gasteiger partial charge in [-0.25, -0.2) is 19.8 Å². The number of nitrogens with two attached hydrogens (primary N) is 1. The fourth-order valence-electron chi connectivity index (χ4n) is 3.35. The van der Waals surface area contributed by atoms with Crippen LogP contribution in [0, 0.1) is 5.92 Å². The Kier molecular flexibility index (Phi) is 8.38. The van der Waals surface area contributed by atoms with Crippen molar-refractivity contribution in [2.24, 2.45) is 16.6 Å². The smallest absolute Gasteiger partial charge is 0.410 e. The molecule has 0 spiro atoms. The van der Waals surface area contributed by atoms with Gasteiger partial charge in [-0.2, -0.15) is 0 Å². The molecular weight excluding hydrogens is 500 g/mol. The maximum Gasteiger partial charge on any atom is 0.410 e. The number of carbonyl (C=O) groups is 2. The van der Waals surface area contributed by atoms with Crippen LogP contribution in [0.4, 0.5) is 10.6 Å². The molecule has 180 valence electrons. The third-order valence-corrected chi connectivity index (χ3v) is 5.44. The molecule has 2 aromatic heterocycles. The second kappa shape index (κ2) is 11.2. The van der Waals surface area contributed by atoms with Crippen molar-refractivity contribution in [3.8, 4) is 0 Å². The number of pyridine rings is 2. The van der Waals surface area contributed by atoms with Crippen LogP contribution < -0.4 is 11.1 Å². The minimum Gasteiger partial charge on any atom is -0.444 e. The molecule has 9 nitrogen and oxygen atoms in total. The van der Waals surface area contributed by atoms with Gasteiger partial charge in [0.25, 0.3) is 5.91 Å². The zero-order valence-corrected chi connectivity index (χ0v) is 21.1.